The Morgan fingerprint density at radius 3 is 2.58 bits per heavy atom. The van der Waals surface area contributed by atoms with Crippen LogP contribution < -0.4 is 4.74 Å². The zero-order valence-corrected chi connectivity index (χ0v) is 7.19. The molecule has 0 saturated carbocycles. The van der Waals surface area contributed by atoms with Crippen LogP contribution in [-0.2, 0) is 0 Å². The van der Waals surface area contributed by atoms with Crippen molar-refractivity contribution in [3.05, 3.63) is 22.8 Å². The third-order valence-corrected chi connectivity index (χ3v) is 1.54. The molecule has 1 aromatic heterocycles. The molecule has 0 N–H and O–H groups in total. The van der Waals surface area contributed by atoms with Crippen LogP contribution in [0.3, 0.4) is 0 Å². The fraction of sp³-hybridized carbons (Fsp3) is 0.167. The summed E-state index contributed by atoms with van der Waals surface area (Å²) in [6.45, 7) is 0. The van der Waals surface area contributed by atoms with Crippen LogP contribution in [0.2, 0.25) is 0 Å². The van der Waals surface area contributed by atoms with Crippen LogP contribution in [0, 0.1) is 0 Å². The smallest absolute Gasteiger partial charge is 0.387 e. The Labute approximate surface area is 74.5 Å². The SMILES string of the molecule is FC(F)(F)Oc1ncccc1Br. The van der Waals surface area contributed by atoms with E-state index in [1.54, 1.807) is 0 Å². The van der Waals surface area contributed by atoms with E-state index in [-0.39, 0.29) is 4.47 Å². The predicted octanol–water partition coefficient (Wildman–Crippen LogP) is 2.74. The number of nitrogens with zero attached hydrogens (tertiary/aromatic N) is 1. The molecule has 0 aliphatic carbocycles. The quantitative estimate of drug-likeness (QED) is 0.755. The normalized spacial score (nSPS) is 11.3. The molecule has 1 heterocycles. The predicted molar refractivity (Wildman–Crippen MR) is 38.6 cm³/mol. The molecule has 0 bridgehead atoms. The second-order valence-electron chi connectivity index (χ2n) is 1.84. The summed E-state index contributed by atoms with van der Waals surface area (Å²) in [5.41, 5.74) is 0. The van der Waals surface area contributed by atoms with Crippen LogP contribution in [0.5, 0.6) is 5.88 Å². The largest absolute Gasteiger partial charge is 0.574 e. The van der Waals surface area contributed by atoms with E-state index >= 15 is 0 Å². The molecule has 0 fully saturated rings. The monoisotopic (exact) mass is 241 g/mol. The average Bonchev–Trinajstić information content (AvgIpc) is 1.91. The van der Waals surface area contributed by atoms with Gasteiger partial charge in [0.1, 0.15) is 0 Å². The van der Waals surface area contributed by atoms with Gasteiger partial charge in [-0.1, -0.05) is 0 Å². The lowest BCUT2D eigenvalue weighted by atomic mass is 10.5. The minimum atomic E-state index is -4.70. The van der Waals surface area contributed by atoms with Crippen molar-refractivity contribution < 1.29 is 17.9 Å². The number of alkyl halides is 3. The fourth-order valence-corrected chi connectivity index (χ4v) is 0.892. The summed E-state index contributed by atoms with van der Waals surface area (Å²) in [6, 6.07) is 2.90. The van der Waals surface area contributed by atoms with Crippen LogP contribution in [0.25, 0.3) is 0 Å². The van der Waals surface area contributed by atoms with Gasteiger partial charge in [0, 0.05) is 6.20 Å². The van der Waals surface area contributed by atoms with Gasteiger partial charge in [-0.05, 0) is 28.1 Å². The molecule has 0 aliphatic heterocycles. The highest BCUT2D eigenvalue weighted by Crippen LogP contribution is 2.27. The third-order valence-electron chi connectivity index (χ3n) is 0.937. The van der Waals surface area contributed by atoms with E-state index in [0.29, 0.717) is 0 Å². The first kappa shape index (κ1) is 9.31. The van der Waals surface area contributed by atoms with Crippen molar-refractivity contribution >= 4 is 15.9 Å². The first-order valence-electron chi connectivity index (χ1n) is 2.85. The fourth-order valence-electron chi connectivity index (χ4n) is 0.556. The van der Waals surface area contributed by atoms with Gasteiger partial charge in [0.05, 0.1) is 4.47 Å². The Balaban J connectivity index is 2.83. The number of halogens is 4. The van der Waals surface area contributed by atoms with Crippen LogP contribution in [-0.4, -0.2) is 11.3 Å². The number of hydrogen-bond acceptors (Lipinski definition) is 2. The maximum atomic E-state index is 11.6. The van der Waals surface area contributed by atoms with Crippen molar-refractivity contribution in [1.82, 2.24) is 4.98 Å². The summed E-state index contributed by atoms with van der Waals surface area (Å²) >= 11 is 2.86. The number of rotatable bonds is 1. The number of aromatic nitrogens is 1. The molecule has 0 amide bonds. The Bertz CT molecular complexity index is 276. The first-order valence-corrected chi connectivity index (χ1v) is 3.64. The second-order valence-corrected chi connectivity index (χ2v) is 2.69. The zero-order chi connectivity index (χ0) is 9.19. The van der Waals surface area contributed by atoms with Crippen molar-refractivity contribution in [3.8, 4) is 5.88 Å². The first-order chi connectivity index (χ1) is 5.49. The lowest BCUT2D eigenvalue weighted by Gasteiger charge is -2.07. The van der Waals surface area contributed by atoms with Gasteiger partial charge in [-0.2, -0.15) is 0 Å². The Kier molecular flexibility index (Phi) is 2.56. The van der Waals surface area contributed by atoms with Crippen LogP contribution in [0.4, 0.5) is 13.2 Å². The zero-order valence-electron chi connectivity index (χ0n) is 5.60. The lowest BCUT2D eigenvalue weighted by molar-refractivity contribution is -0.276. The van der Waals surface area contributed by atoms with Gasteiger partial charge in [0.15, 0.2) is 0 Å². The van der Waals surface area contributed by atoms with Crippen LogP contribution in [0.1, 0.15) is 0 Å². The summed E-state index contributed by atoms with van der Waals surface area (Å²) in [5.74, 6) is -0.481. The summed E-state index contributed by atoms with van der Waals surface area (Å²) in [4.78, 5) is 3.37. The molecule has 0 aromatic carbocycles. The van der Waals surface area contributed by atoms with Gasteiger partial charge in [-0.3, -0.25) is 0 Å². The summed E-state index contributed by atoms with van der Waals surface area (Å²) in [5, 5.41) is 0. The maximum absolute atomic E-state index is 11.6. The molecule has 0 spiro atoms. The number of hydrogen-bond donors (Lipinski definition) is 0. The standard InChI is InChI=1S/C6H3BrF3NO/c7-4-2-1-3-11-5(4)12-6(8,9)10/h1-3H. The van der Waals surface area contributed by atoms with Crippen molar-refractivity contribution in [3.63, 3.8) is 0 Å². The van der Waals surface area contributed by atoms with Gasteiger partial charge < -0.3 is 4.74 Å². The Morgan fingerprint density at radius 2 is 2.08 bits per heavy atom. The van der Waals surface area contributed by atoms with Gasteiger partial charge in [-0.15, -0.1) is 13.2 Å². The molecular formula is C6H3BrF3NO. The lowest BCUT2D eigenvalue weighted by Crippen LogP contribution is -2.18. The van der Waals surface area contributed by atoms with Gasteiger partial charge in [0.2, 0.25) is 5.88 Å². The highest BCUT2D eigenvalue weighted by Gasteiger charge is 2.32. The molecule has 66 valence electrons. The van der Waals surface area contributed by atoms with E-state index in [2.05, 4.69) is 25.7 Å². The van der Waals surface area contributed by atoms with E-state index in [1.165, 1.54) is 18.3 Å². The molecule has 6 heteroatoms. The highest BCUT2D eigenvalue weighted by molar-refractivity contribution is 9.10. The van der Waals surface area contributed by atoms with Crippen LogP contribution >= 0.6 is 15.9 Å². The third kappa shape index (κ3) is 2.69. The molecule has 1 aromatic rings. The van der Waals surface area contributed by atoms with E-state index in [4.69, 9.17) is 0 Å². The maximum Gasteiger partial charge on any atom is 0.574 e. The topological polar surface area (TPSA) is 22.1 Å². The van der Waals surface area contributed by atoms with Gasteiger partial charge >= 0.3 is 6.36 Å². The summed E-state index contributed by atoms with van der Waals surface area (Å²) in [6.07, 6.45) is -3.48. The minimum Gasteiger partial charge on any atom is -0.387 e. The Hall–Kier alpha value is -0.780. The van der Waals surface area contributed by atoms with Crippen molar-refractivity contribution in [1.29, 1.82) is 0 Å². The molecular weight excluding hydrogens is 239 g/mol. The minimum absolute atomic E-state index is 0.169. The molecule has 0 radical (unpaired) electrons. The van der Waals surface area contributed by atoms with Crippen molar-refractivity contribution in [2.24, 2.45) is 0 Å². The molecule has 12 heavy (non-hydrogen) atoms. The molecule has 0 saturated heterocycles. The summed E-state index contributed by atoms with van der Waals surface area (Å²) in [7, 11) is 0. The highest BCUT2D eigenvalue weighted by atomic mass is 79.9. The second kappa shape index (κ2) is 3.30. The molecule has 0 atom stereocenters. The van der Waals surface area contributed by atoms with E-state index in [9.17, 15) is 13.2 Å². The Morgan fingerprint density at radius 1 is 1.42 bits per heavy atom. The van der Waals surface area contributed by atoms with Crippen molar-refractivity contribution in [2.45, 2.75) is 6.36 Å². The molecule has 0 unspecified atom stereocenters. The van der Waals surface area contributed by atoms with Gasteiger partial charge in [-0.25, -0.2) is 4.98 Å². The van der Waals surface area contributed by atoms with E-state index in [0.717, 1.165) is 0 Å². The molecule has 0 aliphatic rings. The van der Waals surface area contributed by atoms with E-state index in [1.807, 2.05) is 0 Å². The average molecular weight is 242 g/mol. The van der Waals surface area contributed by atoms with Crippen LogP contribution in [0.15, 0.2) is 22.8 Å². The molecule has 2 nitrogen and oxygen atoms in total. The number of ether oxygens (including phenoxy) is 1. The van der Waals surface area contributed by atoms with Gasteiger partial charge in [0.25, 0.3) is 0 Å². The summed E-state index contributed by atoms with van der Waals surface area (Å²) < 4.78 is 38.7. The van der Waals surface area contributed by atoms with E-state index < -0.39 is 12.2 Å². The molecule has 1 rings (SSSR count). The number of pyridine rings is 1. The van der Waals surface area contributed by atoms with Crippen molar-refractivity contribution in [2.75, 3.05) is 0 Å².